The molecule has 2 aromatic heterocycles. The molecule has 0 atom stereocenters. The zero-order chi connectivity index (χ0) is 21.3. The highest BCUT2D eigenvalue weighted by Gasteiger charge is 2.14. The van der Waals surface area contributed by atoms with Crippen molar-refractivity contribution in [3.05, 3.63) is 87.5 Å². The van der Waals surface area contributed by atoms with Crippen molar-refractivity contribution < 1.29 is 4.74 Å². The van der Waals surface area contributed by atoms with E-state index >= 15 is 0 Å². The molecule has 0 saturated heterocycles. The monoisotopic (exact) mass is 401 g/mol. The van der Waals surface area contributed by atoms with Crippen LogP contribution in [0.4, 0.5) is 0 Å². The fourth-order valence-corrected chi connectivity index (χ4v) is 3.43. The fourth-order valence-electron chi connectivity index (χ4n) is 3.43. The summed E-state index contributed by atoms with van der Waals surface area (Å²) in [5.41, 5.74) is 6.49. The zero-order valence-corrected chi connectivity index (χ0v) is 17.5. The predicted octanol–water partition coefficient (Wildman–Crippen LogP) is 3.53. The number of aryl methyl sites for hydroxylation is 4. The first-order chi connectivity index (χ1) is 14.5. The van der Waals surface area contributed by atoms with Gasteiger partial charge in [-0.15, -0.1) is 0 Å². The van der Waals surface area contributed by atoms with Crippen LogP contribution >= 0.6 is 0 Å². The summed E-state index contributed by atoms with van der Waals surface area (Å²) in [4.78, 5) is 16.9. The van der Waals surface area contributed by atoms with Crippen molar-refractivity contribution in [3.63, 3.8) is 0 Å². The molecule has 2 aromatic carbocycles. The first-order valence-corrected chi connectivity index (χ1v) is 9.70. The van der Waals surface area contributed by atoms with E-state index in [9.17, 15) is 4.79 Å². The first-order valence-electron chi connectivity index (χ1n) is 9.70. The maximum atomic E-state index is 12.2. The highest BCUT2D eigenvalue weighted by atomic mass is 16.5. The Bertz CT molecular complexity index is 1270. The smallest absolute Gasteiger partial charge is 0.368 e. The topological polar surface area (TPSA) is 74.8 Å². The highest BCUT2D eigenvalue weighted by Crippen LogP contribution is 2.30. The summed E-state index contributed by atoms with van der Waals surface area (Å²) >= 11 is 0. The summed E-state index contributed by atoms with van der Waals surface area (Å²) in [6.45, 7) is 6.33. The van der Waals surface area contributed by atoms with Crippen LogP contribution in [0, 0.1) is 20.8 Å². The minimum atomic E-state index is -0.310. The second-order valence-electron chi connectivity index (χ2n) is 7.27. The van der Waals surface area contributed by atoms with Gasteiger partial charge < -0.3 is 4.74 Å². The van der Waals surface area contributed by atoms with Gasteiger partial charge in [0.1, 0.15) is 6.61 Å². The number of hydrogen-bond acceptors (Lipinski definition) is 5. The minimum absolute atomic E-state index is 0.260. The molecule has 30 heavy (non-hydrogen) atoms. The highest BCUT2D eigenvalue weighted by molar-refractivity contribution is 5.70. The maximum absolute atomic E-state index is 12.2. The van der Waals surface area contributed by atoms with Crippen LogP contribution in [0.3, 0.4) is 0 Å². The van der Waals surface area contributed by atoms with Gasteiger partial charge in [0.05, 0.1) is 5.69 Å². The number of aromatic nitrogens is 5. The van der Waals surface area contributed by atoms with Crippen molar-refractivity contribution in [3.8, 4) is 22.7 Å². The lowest BCUT2D eigenvalue weighted by atomic mass is 9.98. The van der Waals surface area contributed by atoms with Gasteiger partial charge in [0.25, 0.3) is 0 Å². The molecular weight excluding hydrogens is 378 g/mol. The molecule has 0 aliphatic heterocycles. The van der Waals surface area contributed by atoms with E-state index in [0.29, 0.717) is 11.6 Å². The number of para-hydroxylation sites is 1. The van der Waals surface area contributed by atoms with Crippen LogP contribution in [0.15, 0.2) is 59.4 Å². The van der Waals surface area contributed by atoms with Crippen LogP contribution in [-0.4, -0.2) is 24.8 Å². The Balaban J connectivity index is 1.63. The van der Waals surface area contributed by atoms with Crippen LogP contribution in [0.1, 0.15) is 22.4 Å². The number of benzene rings is 2. The van der Waals surface area contributed by atoms with Gasteiger partial charge in [-0.05, 0) is 54.5 Å². The Morgan fingerprint density at radius 2 is 1.63 bits per heavy atom. The summed E-state index contributed by atoms with van der Waals surface area (Å²) in [6.07, 6.45) is 0. The number of tetrazole rings is 1. The molecule has 4 rings (SSSR count). The van der Waals surface area contributed by atoms with Crippen LogP contribution in [0.5, 0.6) is 5.88 Å². The summed E-state index contributed by atoms with van der Waals surface area (Å²) in [5.74, 6) is 0.575. The molecule has 0 spiro atoms. The molecule has 0 N–H and O–H groups in total. The molecule has 0 aliphatic rings. The number of hydrogen-bond donors (Lipinski definition) is 0. The quantitative estimate of drug-likeness (QED) is 0.511. The van der Waals surface area contributed by atoms with Gasteiger partial charge in [0.2, 0.25) is 5.88 Å². The lowest BCUT2D eigenvalue weighted by Crippen LogP contribution is -2.23. The fraction of sp³-hybridized carbons (Fsp3) is 0.217. The summed E-state index contributed by atoms with van der Waals surface area (Å²) in [7, 11) is 1.57. The third kappa shape index (κ3) is 3.61. The first kappa shape index (κ1) is 19.6. The zero-order valence-electron chi connectivity index (χ0n) is 17.5. The van der Waals surface area contributed by atoms with Gasteiger partial charge in [-0.3, -0.25) is 0 Å². The van der Waals surface area contributed by atoms with E-state index in [4.69, 9.17) is 9.72 Å². The van der Waals surface area contributed by atoms with Crippen molar-refractivity contribution in [2.45, 2.75) is 27.4 Å². The van der Waals surface area contributed by atoms with Crippen molar-refractivity contribution in [2.24, 2.45) is 7.05 Å². The maximum Gasteiger partial charge on any atom is 0.368 e. The standard InChI is InChI=1S/C23H23N5O2/c1-15-9-5-7-11-19(15)20-13-16(2)22(24-17(20)3)30-14-18-10-6-8-12-21(18)28-23(29)27(4)25-26-28/h5-13H,14H2,1-4H3. The lowest BCUT2D eigenvalue weighted by molar-refractivity contribution is 0.290. The van der Waals surface area contributed by atoms with E-state index in [1.54, 1.807) is 7.05 Å². The molecule has 0 radical (unpaired) electrons. The normalized spacial score (nSPS) is 10.9. The Kier molecular flexibility index (Phi) is 5.18. The molecule has 7 nitrogen and oxygen atoms in total. The average molecular weight is 401 g/mol. The molecule has 0 bridgehead atoms. The molecule has 0 aliphatic carbocycles. The molecule has 0 saturated carbocycles. The summed E-state index contributed by atoms with van der Waals surface area (Å²) in [5, 5.41) is 7.72. The van der Waals surface area contributed by atoms with Crippen LogP contribution in [0.25, 0.3) is 16.8 Å². The SMILES string of the molecule is Cc1ccccc1-c1cc(C)c(OCc2ccccc2-n2nnn(C)c2=O)nc1C. The molecule has 0 fully saturated rings. The van der Waals surface area contributed by atoms with E-state index in [1.165, 1.54) is 20.5 Å². The molecule has 0 amide bonds. The van der Waals surface area contributed by atoms with Gasteiger partial charge in [0.15, 0.2) is 0 Å². The van der Waals surface area contributed by atoms with Crippen molar-refractivity contribution in [1.29, 1.82) is 0 Å². The lowest BCUT2D eigenvalue weighted by Gasteiger charge is -2.15. The average Bonchev–Trinajstić information content (AvgIpc) is 3.07. The van der Waals surface area contributed by atoms with Gasteiger partial charge >= 0.3 is 5.69 Å². The van der Waals surface area contributed by atoms with Gasteiger partial charge in [-0.25, -0.2) is 9.78 Å². The second kappa shape index (κ2) is 7.94. The Morgan fingerprint density at radius 1 is 0.900 bits per heavy atom. The molecule has 7 heteroatoms. The van der Waals surface area contributed by atoms with E-state index < -0.39 is 0 Å². The number of ether oxygens (including phenoxy) is 1. The van der Waals surface area contributed by atoms with Crippen molar-refractivity contribution >= 4 is 0 Å². The molecule has 0 unspecified atom stereocenters. The molecule has 2 heterocycles. The van der Waals surface area contributed by atoms with Crippen molar-refractivity contribution in [1.82, 2.24) is 24.8 Å². The van der Waals surface area contributed by atoms with Crippen LogP contribution in [-0.2, 0) is 13.7 Å². The van der Waals surface area contributed by atoms with Crippen molar-refractivity contribution in [2.75, 3.05) is 0 Å². The van der Waals surface area contributed by atoms with E-state index in [1.807, 2.05) is 50.2 Å². The van der Waals surface area contributed by atoms with E-state index in [0.717, 1.165) is 22.4 Å². The predicted molar refractivity (Wildman–Crippen MR) is 115 cm³/mol. The van der Waals surface area contributed by atoms with Gasteiger partial charge in [0, 0.05) is 29.4 Å². The van der Waals surface area contributed by atoms with Gasteiger partial charge in [-0.1, -0.05) is 42.5 Å². The molecule has 4 aromatic rings. The minimum Gasteiger partial charge on any atom is -0.473 e. The number of pyridine rings is 1. The summed E-state index contributed by atoms with van der Waals surface area (Å²) in [6, 6.07) is 17.9. The van der Waals surface area contributed by atoms with Crippen LogP contribution < -0.4 is 10.4 Å². The number of rotatable bonds is 5. The van der Waals surface area contributed by atoms with Crippen LogP contribution in [0.2, 0.25) is 0 Å². The second-order valence-corrected chi connectivity index (χ2v) is 7.27. The largest absolute Gasteiger partial charge is 0.473 e. The Morgan fingerprint density at radius 3 is 2.37 bits per heavy atom. The Labute approximate surface area is 174 Å². The molecule has 152 valence electrons. The molecular formula is C23H23N5O2. The Hall–Kier alpha value is -3.74. The third-order valence-corrected chi connectivity index (χ3v) is 5.10. The summed E-state index contributed by atoms with van der Waals surface area (Å²) < 4.78 is 8.51. The van der Waals surface area contributed by atoms with Gasteiger partial charge in [-0.2, -0.15) is 9.36 Å². The van der Waals surface area contributed by atoms with E-state index in [2.05, 4.69) is 35.5 Å². The third-order valence-electron chi connectivity index (χ3n) is 5.10. The van der Waals surface area contributed by atoms with E-state index in [-0.39, 0.29) is 12.3 Å². The number of nitrogens with zero attached hydrogens (tertiary/aromatic N) is 5.